The lowest BCUT2D eigenvalue weighted by Gasteiger charge is -2.30. The molecule has 6 heteroatoms. The van der Waals surface area contributed by atoms with Gasteiger partial charge in [0.15, 0.2) is 0 Å². The van der Waals surface area contributed by atoms with Crippen molar-refractivity contribution in [1.29, 1.82) is 10.5 Å². The maximum absolute atomic E-state index is 9.28. The Morgan fingerprint density at radius 1 is 0.677 bits per heavy atom. The minimum Gasteiger partial charge on any atom is -0.192 e. The maximum Gasteiger partial charge on any atom is 0.0991 e. The van der Waals surface area contributed by atoms with E-state index in [0.29, 0.717) is 11.1 Å². The van der Waals surface area contributed by atoms with Gasteiger partial charge in [0.05, 0.1) is 23.3 Å². The van der Waals surface area contributed by atoms with E-state index in [1.165, 1.54) is 19.6 Å². The second kappa shape index (κ2) is 9.84. The molecule has 2 heterocycles. The molecular weight excluding hydrogens is 457 g/mol. The van der Waals surface area contributed by atoms with E-state index in [4.69, 9.17) is 0 Å². The van der Waals surface area contributed by atoms with Gasteiger partial charge in [-0.25, -0.2) is 0 Å². The Morgan fingerprint density at radius 3 is 1.52 bits per heavy atom. The van der Waals surface area contributed by atoms with Crippen LogP contribution in [-0.4, -0.2) is 23.0 Å². The van der Waals surface area contributed by atoms with Gasteiger partial charge in [0.2, 0.25) is 0 Å². The van der Waals surface area contributed by atoms with Crippen molar-refractivity contribution in [3.05, 3.63) is 80.6 Å². The number of hydrogen-bond donors (Lipinski definition) is 0. The van der Waals surface area contributed by atoms with Crippen molar-refractivity contribution in [3.63, 3.8) is 0 Å². The number of thioether (sulfide) groups is 4. The van der Waals surface area contributed by atoms with E-state index in [1.54, 1.807) is 0 Å². The first-order chi connectivity index (χ1) is 15.0. The molecular formula is C25H22N2S4. The SMILES string of the molecule is CC1=C(c2cccc(C#N)c2)SCC2(CS1)CSC(C)=C(c1cccc(C#N)c1)SC2. The molecule has 0 saturated carbocycles. The fraction of sp³-hybridized carbons (Fsp3) is 0.280. The molecule has 156 valence electrons. The fourth-order valence-electron chi connectivity index (χ4n) is 3.59. The number of benzene rings is 2. The van der Waals surface area contributed by atoms with Gasteiger partial charge in [0.25, 0.3) is 0 Å². The zero-order valence-electron chi connectivity index (χ0n) is 17.5. The number of nitriles is 2. The predicted molar refractivity (Wildman–Crippen MR) is 140 cm³/mol. The molecule has 0 atom stereocenters. The van der Waals surface area contributed by atoms with Crippen molar-refractivity contribution < 1.29 is 0 Å². The van der Waals surface area contributed by atoms with Crippen molar-refractivity contribution in [2.45, 2.75) is 13.8 Å². The summed E-state index contributed by atoms with van der Waals surface area (Å²) in [5, 5.41) is 18.6. The zero-order chi connectivity index (χ0) is 21.8. The molecule has 0 saturated heterocycles. The highest BCUT2D eigenvalue weighted by Crippen LogP contribution is 2.52. The molecule has 0 fully saturated rings. The molecule has 2 aliphatic heterocycles. The Balaban J connectivity index is 1.53. The smallest absolute Gasteiger partial charge is 0.0991 e. The van der Waals surface area contributed by atoms with Crippen molar-refractivity contribution >= 4 is 56.9 Å². The molecule has 4 rings (SSSR count). The van der Waals surface area contributed by atoms with Crippen LogP contribution < -0.4 is 0 Å². The molecule has 0 amide bonds. The van der Waals surface area contributed by atoms with E-state index < -0.39 is 0 Å². The van der Waals surface area contributed by atoms with Gasteiger partial charge >= 0.3 is 0 Å². The first-order valence-electron chi connectivity index (χ1n) is 9.98. The van der Waals surface area contributed by atoms with E-state index in [2.05, 4.69) is 38.1 Å². The summed E-state index contributed by atoms with van der Waals surface area (Å²) in [6, 6.07) is 20.5. The Morgan fingerprint density at radius 2 is 1.10 bits per heavy atom. The molecule has 0 N–H and O–H groups in total. The first-order valence-corrected chi connectivity index (χ1v) is 13.9. The molecule has 0 aliphatic carbocycles. The van der Waals surface area contributed by atoms with Gasteiger partial charge in [-0.2, -0.15) is 10.5 Å². The van der Waals surface area contributed by atoms with Gasteiger partial charge in [-0.15, -0.1) is 47.0 Å². The van der Waals surface area contributed by atoms with Crippen LogP contribution in [0.5, 0.6) is 0 Å². The quantitative estimate of drug-likeness (QED) is 0.446. The van der Waals surface area contributed by atoms with Gasteiger partial charge in [-0.05, 0) is 59.1 Å². The van der Waals surface area contributed by atoms with Crippen molar-refractivity contribution in [2.75, 3.05) is 23.0 Å². The van der Waals surface area contributed by atoms with Crippen LogP contribution in [-0.2, 0) is 0 Å². The molecule has 2 aromatic carbocycles. The third-order valence-corrected chi connectivity index (χ3v) is 11.6. The molecule has 1 spiro atoms. The Kier molecular flexibility index (Phi) is 7.14. The van der Waals surface area contributed by atoms with Gasteiger partial charge in [0, 0.05) is 38.2 Å². The molecule has 0 radical (unpaired) electrons. The van der Waals surface area contributed by atoms with Crippen molar-refractivity contribution in [3.8, 4) is 12.1 Å². The largest absolute Gasteiger partial charge is 0.192 e. The number of nitrogens with zero attached hydrogens (tertiary/aromatic N) is 2. The van der Waals surface area contributed by atoms with Crippen molar-refractivity contribution in [2.24, 2.45) is 5.41 Å². The number of hydrogen-bond acceptors (Lipinski definition) is 6. The molecule has 31 heavy (non-hydrogen) atoms. The average molecular weight is 479 g/mol. The van der Waals surface area contributed by atoms with Gasteiger partial charge < -0.3 is 0 Å². The highest BCUT2D eigenvalue weighted by atomic mass is 32.2. The monoisotopic (exact) mass is 478 g/mol. The van der Waals surface area contributed by atoms with Gasteiger partial charge in [0.1, 0.15) is 0 Å². The zero-order valence-corrected chi connectivity index (χ0v) is 20.7. The second-order valence-corrected chi connectivity index (χ2v) is 12.2. The maximum atomic E-state index is 9.28. The van der Waals surface area contributed by atoms with Crippen LogP contribution in [0.4, 0.5) is 0 Å². The minimum absolute atomic E-state index is 0.233. The first kappa shape index (κ1) is 22.5. The predicted octanol–water partition coefficient (Wildman–Crippen LogP) is 7.45. The summed E-state index contributed by atoms with van der Waals surface area (Å²) in [6.07, 6.45) is 0. The third kappa shape index (κ3) is 5.04. The number of allylic oxidation sites excluding steroid dienone is 2. The van der Waals surface area contributed by atoms with Crippen LogP contribution in [0.25, 0.3) is 9.81 Å². The van der Waals surface area contributed by atoms with Crippen LogP contribution in [0.3, 0.4) is 0 Å². The molecule has 0 aromatic heterocycles. The minimum atomic E-state index is 0.233. The highest BCUT2D eigenvalue weighted by Gasteiger charge is 2.36. The summed E-state index contributed by atoms with van der Waals surface area (Å²) in [4.78, 5) is 5.32. The van der Waals surface area contributed by atoms with Crippen LogP contribution in [0.15, 0.2) is 58.3 Å². The van der Waals surface area contributed by atoms with E-state index in [1.807, 2.05) is 83.4 Å². The lowest BCUT2D eigenvalue weighted by Crippen LogP contribution is -2.31. The molecule has 2 nitrogen and oxygen atoms in total. The summed E-state index contributed by atoms with van der Waals surface area (Å²) in [5.41, 5.74) is 3.97. The summed E-state index contributed by atoms with van der Waals surface area (Å²) < 4.78 is 0. The second-order valence-electron chi connectivity index (χ2n) is 7.81. The topological polar surface area (TPSA) is 47.6 Å². The summed E-state index contributed by atoms with van der Waals surface area (Å²) >= 11 is 7.81. The molecule has 2 aliphatic rings. The standard InChI is InChI=1S/C25H22N2S4/c1-17-23(21-7-3-5-19(9-21)11-26)30-15-25(13-28-17)14-29-18(2)24(31-16-25)22-8-4-6-20(10-22)12-27/h3-10H,13-16H2,1-2H3. The van der Waals surface area contributed by atoms with Crippen LogP contribution in [0.1, 0.15) is 36.1 Å². The normalized spacial score (nSPS) is 18.8. The van der Waals surface area contributed by atoms with Crippen LogP contribution in [0.2, 0.25) is 0 Å². The molecule has 0 unspecified atom stereocenters. The van der Waals surface area contributed by atoms with Crippen LogP contribution in [0, 0.1) is 28.1 Å². The Hall–Kier alpha value is -1.70. The lowest BCUT2D eigenvalue weighted by molar-refractivity contribution is 0.519. The Bertz CT molecular complexity index is 1060. The van der Waals surface area contributed by atoms with E-state index >= 15 is 0 Å². The average Bonchev–Trinajstić information content (AvgIpc) is 3.08. The van der Waals surface area contributed by atoms with Gasteiger partial charge in [-0.1, -0.05) is 24.3 Å². The number of rotatable bonds is 2. The van der Waals surface area contributed by atoms with E-state index in [9.17, 15) is 10.5 Å². The third-order valence-electron chi connectivity index (χ3n) is 5.38. The Labute approximate surface area is 201 Å². The van der Waals surface area contributed by atoms with Crippen molar-refractivity contribution in [1.82, 2.24) is 0 Å². The molecule has 0 bridgehead atoms. The van der Waals surface area contributed by atoms with Gasteiger partial charge in [-0.3, -0.25) is 0 Å². The van der Waals surface area contributed by atoms with Crippen LogP contribution >= 0.6 is 47.0 Å². The van der Waals surface area contributed by atoms with E-state index in [0.717, 1.165) is 34.1 Å². The summed E-state index contributed by atoms with van der Waals surface area (Å²) in [7, 11) is 0. The van der Waals surface area contributed by atoms with E-state index in [-0.39, 0.29) is 5.41 Å². The fourth-order valence-corrected chi connectivity index (χ4v) is 9.74. The highest BCUT2D eigenvalue weighted by molar-refractivity contribution is 8.13. The summed E-state index contributed by atoms with van der Waals surface area (Å²) in [6.45, 7) is 4.43. The summed E-state index contributed by atoms with van der Waals surface area (Å²) in [5.74, 6) is 4.35. The molecule has 2 aromatic rings. The lowest BCUT2D eigenvalue weighted by atomic mass is 9.99.